The number of hydrogen-bond donors (Lipinski definition) is 0. The van der Waals surface area contributed by atoms with Gasteiger partial charge in [0, 0.05) is 36.2 Å². The molecule has 0 radical (unpaired) electrons. The van der Waals surface area contributed by atoms with E-state index in [0.29, 0.717) is 19.0 Å². The van der Waals surface area contributed by atoms with E-state index in [1.54, 1.807) is 6.07 Å². The molecule has 1 aliphatic heterocycles. The molecule has 6 rings (SSSR count). The van der Waals surface area contributed by atoms with Gasteiger partial charge in [-0.05, 0) is 73.9 Å². The monoisotopic (exact) mass is 523 g/mol. The van der Waals surface area contributed by atoms with Crippen molar-refractivity contribution in [2.45, 2.75) is 38.5 Å². The number of nitrogens with zero attached hydrogens (tertiary/aromatic N) is 3. The zero-order chi connectivity index (χ0) is 27.1. The van der Waals surface area contributed by atoms with Crippen LogP contribution < -0.4 is 0 Å². The standard InChI is InChI=1S/C33H31F2N3O/c1-20-3-7-24(8-4-20)33-32(14-22-5-6-23(13-22)19-39)36-31-16-25(10-12-30(31)37-33)21(2)38-17-27(18-38)26-9-11-28(34)29(35)15-26/h3-4,7-12,15-16,19,22-23,27H,2,5-6,13-14,17-18H2,1H3. The molecular formula is C33H31F2N3O. The molecule has 0 amide bonds. The van der Waals surface area contributed by atoms with Gasteiger partial charge < -0.3 is 9.69 Å². The predicted molar refractivity (Wildman–Crippen MR) is 150 cm³/mol. The van der Waals surface area contributed by atoms with Crippen molar-refractivity contribution in [3.63, 3.8) is 0 Å². The van der Waals surface area contributed by atoms with Crippen LogP contribution >= 0.6 is 0 Å². The Labute approximate surface area is 227 Å². The number of fused-ring (bicyclic) bond motifs is 1. The lowest BCUT2D eigenvalue weighted by atomic mass is 9.90. The van der Waals surface area contributed by atoms with Crippen molar-refractivity contribution in [3.05, 3.63) is 101 Å². The summed E-state index contributed by atoms with van der Waals surface area (Å²) in [5.74, 6) is -0.921. The maximum Gasteiger partial charge on any atom is 0.159 e. The number of carbonyl (C=O) groups excluding carboxylic acids is 1. The number of aromatic nitrogens is 2. The number of hydrogen-bond acceptors (Lipinski definition) is 4. The molecule has 2 atom stereocenters. The summed E-state index contributed by atoms with van der Waals surface area (Å²) in [6, 6.07) is 18.6. The fourth-order valence-corrected chi connectivity index (χ4v) is 5.91. The van der Waals surface area contributed by atoms with Crippen LogP contribution in [0.25, 0.3) is 28.0 Å². The van der Waals surface area contributed by atoms with Crippen molar-refractivity contribution in [3.8, 4) is 11.3 Å². The number of rotatable bonds is 7. The van der Waals surface area contributed by atoms with Crippen LogP contribution in [-0.4, -0.2) is 34.2 Å². The highest BCUT2D eigenvalue weighted by atomic mass is 19.2. The normalized spacial score (nSPS) is 19.3. The zero-order valence-corrected chi connectivity index (χ0v) is 22.0. The molecule has 0 bridgehead atoms. The van der Waals surface area contributed by atoms with Gasteiger partial charge in [0.25, 0.3) is 0 Å². The van der Waals surface area contributed by atoms with Crippen LogP contribution in [0.15, 0.2) is 67.2 Å². The van der Waals surface area contributed by atoms with E-state index < -0.39 is 11.6 Å². The molecule has 2 aliphatic rings. The molecule has 198 valence electrons. The molecule has 4 nitrogen and oxygen atoms in total. The average Bonchev–Trinajstić information content (AvgIpc) is 3.37. The Balaban J connectivity index is 1.27. The van der Waals surface area contributed by atoms with Gasteiger partial charge in [0.1, 0.15) is 6.29 Å². The van der Waals surface area contributed by atoms with Crippen LogP contribution in [0.3, 0.4) is 0 Å². The van der Waals surface area contributed by atoms with Crippen molar-refractivity contribution >= 4 is 23.0 Å². The van der Waals surface area contributed by atoms with Crippen molar-refractivity contribution in [1.29, 1.82) is 0 Å². The molecule has 1 aromatic heterocycles. The molecule has 0 N–H and O–H groups in total. The fourth-order valence-electron chi connectivity index (χ4n) is 5.91. The lowest BCUT2D eigenvalue weighted by Gasteiger charge is -2.42. The molecule has 2 heterocycles. The van der Waals surface area contributed by atoms with E-state index in [2.05, 4.69) is 42.7 Å². The van der Waals surface area contributed by atoms with Gasteiger partial charge in [-0.2, -0.15) is 0 Å². The summed E-state index contributed by atoms with van der Waals surface area (Å²) >= 11 is 0. The van der Waals surface area contributed by atoms with E-state index >= 15 is 0 Å². The molecule has 1 saturated heterocycles. The lowest BCUT2D eigenvalue weighted by molar-refractivity contribution is -0.111. The summed E-state index contributed by atoms with van der Waals surface area (Å²) in [6.45, 7) is 7.79. The topological polar surface area (TPSA) is 46.1 Å². The third kappa shape index (κ3) is 5.08. The van der Waals surface area contributed by atoms with Crippen molar-refractivity contribution < 1.29 is 13.6 Å². The van der Waals surface area contributed by atoms with Gasteiger partial charge in [-0.1, -0.05) is 48.5 Å². The third-order valence-electron chi connectivity index (χ3n) is 8.33. The highest BCUT2D eigenvalue weighted by Gasteiger charge is 2.30. The Morgan fingerprint density at radius 3 is 2.49 bits per heavy atom. The maximum atomic E-state index is 13.7. The minimum Gasteiger partial charge on any atom is -0.370 e. The van der Waals surface area contributed by atoms with E-state index in [9.17, 15) is 13.6 Å². The van der Waals surface area contributed by atoms with Crippen LogP contribution in [0, 0.1) is 30.4 Å². The first-order valence-corrected chi connectivity index (χ1v) is 13.6. The Kier molecular flexibility index (Phi) is 6.71. The number of benzene rings is 3. The van der Waals surface area contributed by atoms with E-state index in [-0.39, 0.29) is 11.8 Å². The van der Waals surface area contributed by atoms with Crippen LogP contribution in [0.2, 0.25) is 0 Å². The van der Waals surface area contributed by atoms with E-state index in [1.807, 2.05) is 18.2 Å². The number of halogens is 2. The van der Waals surface area contributed by atoms with Crippen LogP contribution in [0.4, 0.5) is 8.78 Å². The lowest BCUT2D eigenvalue weighted by Crippen LogP contribution is -2.43. The van der Waals surface area contributed by atoms with Gasteiger partial charge in [0.2, 0.25) is 0 Å². The van der Waals surface area contributed by atoms with Crippen LogP contribution in [0.1, 0.15) is 47.6 Å². The van der Waals surface area contributed by atoms with Gasteiger partial charge in [-0.15, -0.1) is 0 Å². The average molecular weight is 524 g/mol. The maximum absolute atomic E-state index is 13.7. The Bertz CT molecular complexity index is 1560. The molecule has 0 spiro atoms. The van der Waals surface area contributed by atoms with E-state index in [0.717, 1.165) is 76.8 Å². The van der Waals surface area contributed by atoms with Crippen molar-refractivity contribution in [2.75, 3.05) is 13.1 Å². The summed E-state index contributed by atoms with van der Waals surface area (Å²) in [6.07, 6.45) is 4.77. The molecular weight excluding hydrogens is 492 g/mol. The molecule has 3 aromatic carbocycles. The summed E-state index contributed by atoms with van der Waals surface area (Å²) < 4.78 is 27.0. The fraction of sp³-hybridized carbons (Fsp3) is 0.303. The Morgan fingerprint density at radius 2 is 1.77 bits per heavy atom. The first-order chi connectivity index (χ1) is 18.9. The second kappa shape index (κ2) is 10.3. The minimum atomic E-state index is -0.821. The van der Waals surface area contributed by atoms with Gasteiger partial charge in [-0.3, -0.25) is 0 Å². The number of likely N-dealkylation sites (tertiary alicyclic amines) is 1. The second-order valence-corrected chi connectivity index (χ2v) is 11.1. The third-order valence-corrected chi connectivity index (χ3v) is 8.33. The highest BCUT2D eigenvalue weighted by molar-refractivity contribution is 5.82. The molecule has 2 fully saturated rings. The number of carbonyl (C=O) groups is 1. The molecule has 6 heteroatoms. The highest BCUT2D eigenvalue weighted by Crippen LogP contribution is 2.36. The van der Waals surface area contributed by atoms with Gasteiger partial charge in [0.15, 0.2) is 11.6 Å². The smallest absolute Gasteiger partial charge is 0.159 e. The number of aldehydes is 1. The van der Waals surface area contributed by atoms with Gasteiger partial charge in [0.05, 0.1) is 22.4 Å². The Morgan fingerprint density at radius 1 is 0.974 bits per heavy atom. The zero-order valence-electron chi connectivity index (χ0n) is 22.0. The van der Waals surface area contributed by atoms with Gasteiger partial charge in [-0.25, -0.2) is 18.7 Å². The summed E-state index contributed by atoms with van der Waals surface area (Å²) in [5.41, 5.74) is 8.41. The largest absolute Gasteiger partial charge is 0.370 e. The SMILES string of the molecule is C=C(c1ccc2nc(-c3ccc(C)cc3)c(CC3CCC(C=O)C3)nc2c1)N1CC(c2ccc(F)c(F)c2)C1. The number of aryl methyl sites for hydroxylation is 1. The molecule has 4 aromatic rings. The summed E-state index contributed by atoms with van der Waals surface area (Å²) in [5, 5.41) is 0. The molecule has 1 aliphatic carbocycles. The second-order valence-electron chi connectivity index (χ2n) is 11.1. The van der Waals surface area contributed by atoms with Crippen LogP contribution in [-0.2, 0) is 11.2 Å². The first-order valence-electron chi connectivity index (χ1n) is 13.6. The molecule has 1 saturated carbocycles. The Hall–Kier alpha value is -3.93. The first kappa shape index (κ1) is 25.4. The molecule has 39 heavy (non-hydrogen) atoms. The summed E-state index contributed by atoms with van der Waals surface area (Å²) in [4.78, 5) is 23.7. The molecule has 2 unspecified atom stereocenters. The summed E-state index contributed by atoms with van der Waals surface area (Å²) in [7, 11) is 0. The quantitative estimate of drug-likeness (QED) is 0.242. The van der Waals surface area contributed by atoms with E-state index in [1.165, 1.54) is 17.7 Å². The van der Waals surface area contributed by atoms with Crippen molar-refractivity contribution in [1.82, 2.24) is 14.9 Å². The van der Waals surface area contributed by atoms with Crippen LogP contribution in [0.5, 0.6) is 0 Å². The van der Waals surface area contributed by atoms with E-state index in [4.69, 9.17) is 9.97 Å². The van der Waals surface area contributed by atoms with Crippen molar-refractivity contribution in [2.24, 2.45) is 11.8 Å². The predicted octanol–water partition coefficient (Wildman–Crippen LogP) is 7.11. The van der Waals surface area contributed by atoms with Gasteiger partial charge >= 0.3 is 0 Å². The minimum absolute atomic E-state index is 0.141.